The summed E-state index contributed by atoms with van der Waals surface area (Å²) in [5.41, 5.74) is 0.201. The summed E-state index contributed by atoms with van der Waals surface area (Å²) >= 11 is 1.18. The number of nitrogens with one attached hydrogen (secondary N) is 1. The summed E-state index contributed by atoms with van der Waals surface area (Å²) in [5, 5.41) is 22.0. The fourth-order valence-electron chi connectivity index (χ4n) is 2.08. The molecule has 0 atom stereocenters. The number of rotatable bonds is 7. The summed E-state index contributed by atoms with van der Waals surface area (Å²) in [6.07, 6.45) is 0. The van der Waals surface area contributed by atoms with Gasteiger partial charge in [0.05, 0.1) is 12.0 Å². The molecular weight excluding hydrogens is 372 g/mol. The summed E-state index contributed by atoms with van der Waals surface area (Å²) in [7, 11) is 1.59. The van der Waals surface area contributed by atoms with Crippen LogP contribution >= 0.6 is 11.3 Å². The highest BCUT2D eigenvalue weighted by Gasteiger charge is 2.12. The molecule has 3 rings (SSSR count). The van der Waals surface area contributed by atoms with Crippen LogP contribution in [0.15, 0.2) is 48.5 Å². The topological polar surface area (TPSA) is 116 Å². The second kappa shape index (κ2) is 8.23. The van der Waals surface area contributed by atoms with Crippen molar-refractivity contribution in [1.29, 1.82) is 0 Å². The van der Waals surface area contributed by atoms with E-state index in [4.69, 9.17) is 9.47 Å². The Hall–Kier alpha value is -3.53. The van der Waals surface area contributed by atoms with Crippen molar-refractivity contribution in [2.45, 2.75) is 6.61 Å². The molecule has 2 aromatic carbocycles. The first-order chi connectivity index (χ1) is 13.0. The number of benzene rings is 2. The van der Waals surface area contributed by atoms with E-state index in [1.165, 1.54) is 35.6 Å². The van der Waals surface area contributed by atoms with Gasteiger partial charge in [-0.25, -0.2) is 0 Å². The van der Waals surface area contributed by atoms with Crippen LogP contribution in [0.4, 0.5) is 10.8 Å². The van der Waals surface area contributed by atoms with Gasteiger partial charge in [0.25, 0.3) is 11.6 Å². The smallest absolute Gasteiger partial charge is 0.269 e. The molecule has 1 amide bonds. The van der Waals surface area contributed by atoms with Gasteiger partial charge < -0.3 is 9.47 Å². The third-order valence-electron chi connectivity index (χ3n) is 3.45. The number of carbonyl (C=O) groups excluding carboxylic acids is 1. The molecule has 0 aliphatic heterocycles. The molecule has 0 saturated heterocycles. The van der Waals surface area contributed by atoms with Gasteiger partial charge in [-0.15, -0.1) is 10.2 Å². The van der Waals surface area contributed by atoms with Crippen molar-refractivity contribution in [3.8, 4) is 11.5 Å². The second-order valence-corrected chi connectivity index (χ2v) is 6.29. The third-order valence-corrected chi connectivity index (χ3v) is 4.26. The van der Waals surface area contributed by atoms with Gasteiger partial charge in [0, 0.05) is 17.7 Å². The maximum atomic E-state index is 12.2. The number of hydrogen-bond acceptors (Lipinski definition) is 8. The molecule has 0 saturated carbocycles. The van der Waals surface area contributed by atoms with E-state index < -0.39 is 10.8 Å². The zero-order valence-electron chi connectivity index (χ0n) is 14.1. The Balaban J connectivity index is 1.56. The average Bonchev–Trinajstić information content (AvgIpc) is 3.14. The number of carbonyl (C=O) groups is 1. The molecule has 0 spiro atoms. The summed E-state index contributed by atoms with van der Waals surface area (Å²) in [5.74, 6) is 0.959. The van der Waals surface area contributed by atoms with Gasteiger partial charge in [0.1, 0.15) is 18.1 Å². The minimum atomic E-state index is -0.526. The molecule has 0 aliphatic carbocycles. The van der Waals surface area contributed by atoms with Crippen LogP contribution in [0, 0.1) is 10.1 Å². The fourth-order valence-corrected chi connectivity index (χ4v) is 2.73. The Kier molecular flexibility index (Phi) is 5.57. The van der Waals surface area contributed by atoms with Crippen molar-refractivity contribution in [1.82, 2.24) is 10.2 Å². The first kappa shape index (κ1) is 18.3. The molecule has 10 heteroatoms. The monoisotopic (exact) mass is 386 g/mol. The zero-order valence-corrected chi connectivity index (χ0v) is 14.9. The normalized spacial score (nSPS) is 10.3. The zero-order chi connectivity index (χ0) is 19.2. The lowest BCUT2D eigenvalue weighted by Gasteiger charge is -2.04. The van der Waals surface area contributed by atoms with Gasteiger partial charge in [-0.1, -0.05) is 11.3 Å². The van der Waals surface area contributed by atoms with Crippen molar-refractivity contribution in [2.24, 2.45) is 0 Å². The summed E-state index contributed by atoms with van der Waals surface area (Å²) in [4.78, 5) is 22.3. The van der Waals surface area contributed by atoms with Gasteiger partial charge in [0.2, 0.25) is 5.13 Å². The van der Waals surface area contributed by atoms with Crippen molar-refractivity contribution in [2.75, 3.05) is 12.4 Å². The Morgan fingerprint density at radius 3 is 2.41 bits per heavy atom. The van der Waals surface area contributed by atoms with Crippen LogP contribution < -0.4 is 14.8 Å². The van der Waals surface area contributed by atoms with Crippen LogP contribution in [0.5, 0.6) is 11.5 Å². The highest BCUT2D eigenvalue weighted by Crippen LogP contribution is 2.21. The van der Waals surface area contributed by atoms with Gasteiger partial charge in [-0.3, -0.25) is 20.2 Å². The van der Waals surface area contributed by atoms with E-state index >= 15 is 0 Å². The Morgan fingerprint density at radius 1 is 1.11 bits per heavy atom. The van der Waals surface area contributed by atoms with Crippen LogP contribution in [0.1, 0.15) is 15.4 Å². The lowest BCUT2D eigenvalue weighted by atomic mass is 10.2. The number of nitro groups is 1. The van der Waals surface area contributed by atoms with E-state index in [1.54, 1.807) is 31.4 Å². The van der Waals surface area contributed by atoms with Crippen molar-refractivity contribution >= 4 is 28.1 Å². The Bertz CT molecular complexity index is 941. The van der Waals surface area contributed by atoms with Gasteiger partial charge in [-0.05, 0) is 36.4 Å². The number of amides is 1. The predicted octanol–water partition coefficient (Wildman–Crippen LogP) is 3.29. The van der Waals surface area contributed by atoms with Crippen LogP contribution in [0.2, 0.25) is 0 Å². The van der Waals surface area contributed by atoms with E-state index in [0.29, 0.717) is 15.9 Å². The highest BCUT2D eigenvalue weighted by atomic mass is 32.1. The lowest BCUT2D eigenvalue weighted by Crippen LogP contribution is -2.11. The molecule has 3 aromatic rings. The fraction of sp³-hybridized carbons (Fsp3) is 0.118. The molecule has 27 heavy (non-hydrogen) atoms. The SMILES string of the molecule is COc1ccc(OCc2nnc(NC(=O)c3ccc([N+](=O)[O-])cc3)s2)cc1. The van der Waals surface area contributed by atoms with E-state index in [1.807, 2.05) is 0 Å². The van der Waals surface area contributed by atoms with Crippen LogP contribution in [-0.2, 0) is 6.61 Å². The predicted molar refractivity (Wildman–Crippen MR) is 98.3 cm³/mol. The number of methoxy groups -OCH3 is 1. The molecule has 0 bridgehead atoms. The Morgan fingerprint density at radius 2 is 1.78 bits per heavy atom. The second-order valence-electron chi connectivity index (χ2n) is 5.22. The number of ether oxygens (including phenoxy) is 2. The maximum absolute atomic E-state index is 12.2. The molecule has 0 aliphatic rings. The first-order valence-electron chi connectivity index (χ1n) is 7.70. The average molecular weight is 386 g/mol. The number of aromatic nitrogens is 2. The van der Waals surface area contributed by atoms with Crippen molar-refractivity contribution in [3.63, 3.8) is 0 Å². The number of non-ortho nitro benzene ring substituents is 1. The van der Waals surface area contributed by atoms with Gasteiger partial charge in [0.15, 0.2) is 5.01 Å². The molecule has 9 nitrogen and oxygen atoms in total. The number of hydrogen-bond donors (Lipinski definition) is 1. The minimum absolute atomic E-state index is 0.0829. The number of nitro benzene ring substituents is 1. The molecule has 138 valence electrons. The minimum Gasteiger partial charge on any atom is -0.497 e. The Labute approximate surface area is 157 Å². The highest BCUT2D eigenvalue weighted by molar-refractivity contribution is 7.15. The first-order valence-corrected chi connectivity index (χ1v) is 8.52. The van der Waals surface area contributed by atoms with Crippen molar-refractivity contribution in [3.05, 3.63) is 69.2 Å². The van der Waals surface area contributed by atoms with E-state index in [9.17, 15) is 14.9 Å². The van der Waals surface area contributed by atoms with E-state index in [0.717, 1.165) is 5.75 Å². The third kappa shape index (κ3) is 4.76. The van der Waals surface area contributed by atoms with Gasteiger partial charge in [-0.2, -0.15) is 0 Å². The largest absolute Gasteiger partial charge is 0.497 e. The van der Waals surface area contributed by atoms with Crippen LogP contribution in [0.3, 0.4) is 0 Å². The van der Waals surface area contributed by atoms with Crippen LogP contribution in [-0.4, -0.2) is 28.1 Å². The summed E-state index contributed by atoms with van der Waals surface area (Å²) < 4.78 is 10.7. The standard InChI is InChI=1S/C17H14N4O5S/c1-25-13-6-8-14(9-7-13)26-10-15-19-20-17(27-15)18-16(22)11-2-4-12(5-3-11)21(23)24/h2-9H,10H2,1H3,(H,18,20,22). The van der Waals surface area contributed by atoms with E-state index in [-0.39, 0.29) is 17.9 Å². The summed E-state index contributed by atoms with van der Waals surface area (Å²) in [6, 6.07) is 12.4. The molecule has 0 unspecified atom stereocenters. The quantitative estimate of drug-likeness (QED) is 0.489. The van der Waals surface area contributed by atoms with E-state index in [2.05, 4.69) is 15.5 Å². The van der Waals surface area contributed by atoms with Crippen molar-refractivity contribution < 1.29 is 19.2 Å². The molecule has 1 aromatic heterocycles. The van der Waals surface area contributed by atoms with Crippen LogP contribution in [0.25, 0.3) is 0 Å². The molecule has 1 heterocycles. The number of nitrogens with zero attached hydrogens (tertiary/aromatic N) is 3. The maximum Gasteiger partial charge on any atom is 0.269 e. The number of anilines is 1. The lowest BCUT2D eigenvalue weighted by molar-refractivity contribution is -0.384. The van der Waals surface area contributed by atoms with Gasteiger partial charge >= 0.3 is 0 Å². The molecular formula is C17H14N4O5S. The molecule has 0 fully saturated rings. The molecule has 0 radical (unpaired) electrons. The molecule has 1 N–H and O–H groups in total. The summed E-state index contributed by atoms with van der Waals surface area (Å²) in [6.45, 7) is 0.206.